The van der Waals surface area contributed by atoms with Gasteiger partial charge in [-0.15, -0.1) is 0 Å². The van der Waals surface area contributed by atoms with Gasteiger partial charge in [0.15, 0.2) is 0 Å². The molecule has 0 radical (unpaired) electrons. The van der Waals surface area contributed by atoms with Gasteiger partial charge in [-0.25, -0.2) is 4.79 Å². The summed E-state index contributed by atoms with van der Waals surface area (Å²) >= 11 is 0. The van der Waals surface area contributed by atoms with Crippen LogP contribution in [0.5, 0.6) is 0 Å². The van der Waals surface area contributed by atoms with Crippen molar-refractivity contribution in [3.8, 4) is 0 Å². The molecule has 3 aromatic carbocycles. The van der Waals surface area contributed by atoms with Gasteiger partial charge >= 0.3 is 18.2 Å². The van der Waals surface area contributed by atoms with Crippen molar-refractivity contribution in [1.82, 2.24) is 15.1 Å². The van der Waals surface area contributed by atoms with Crippen molar-refractivity contribution in [2.24, 2.45) is 0 Å². The lowest BCUT2D eigenvalue weighted by molar-refractivity contribution is -0.165. The molecule has 0 spiro atoms. The molecule has 2 aliphatic heterocycles. The van der Waals surface area contributed by atoms with Crippen LogP contribution in [0.25, 0.3) is 6.08 Å². The molecule has 5 rings (SSSR count). The first-order chi connectivity index (χ1) is 21.0. The van der Waals surface area contributed by atoms with Gasteiger partial charge in [-0.3, -0.25) is 19.3 Å². The van der Waals surface area contributed by atoms with E-state index in [9.17, 15) is 37.5 Å². The van der Waals surface area contributed by atoms with Crippen LogP contribution in [0.15, 0.2) is 91.0 Å². The molecule has 2 fully saturated rings. The molecular weight excluding hydrogens is 579 g/mol. The number of nitrogens with one attached hydrogen (secondary N) is 1. The van der Waals surface area contributed by atoms with Gasteiger partial charge < -0.3 is 20.1 Å². The topological polar surface area (TPSA) is 116 Å². The van der Waals surface area contributed by atoms with Crippen LogP contribution in [-0.4, -0.2) is 63.5 Å². The minimum absolute atomic E-state index is 0.00221. The highest BCUT2D eigenvalue weighted by atomic mass is 19.4. The number of halogens is 3. The van der Waals surface area contributed by atoms with Gasteiger partial charge in [0.2, 0.25) is 11.8 Å². The van der Waals surface area contributed by atoms with Crippen molar-refractivity contribution < 1.29 is 42.2 Å². The number of carbonyl (C=O) groups is 4. The molecule has 2 N–H and O–H groups in total. The first-order valence-electron chi connectivity index (χ1n) is 13.8. The molecule has 3 aromatic rings. The second kappa shape index (κ2) is 12.6. The highest BCUT2D eigenvalue weighted by molar-refractivity contribution is 5.99. The number of amides is 3. The Morgan fingerprint density at radius 3 is 2.34 bits per heavy atom. The zero-order valence-electron chi connectivity index (χ0n) is 23.2. The average Bonchev–Trinajstić information content (AvgIpc) is 3.38. The number of hydrogen-bond acceptors (Lipinski definition) is 5. The molecule has 2 aliphatic rings. The van der Waals surface area contributed by atoms with Gasteiger partial charge in [0.25, 0.3) is 0 Å². The molecule has 12 heteroatoms. The Morgan fingerprint density at radius 1 is 1.00 bits per heavy atom. The molecule has 9 nitrogen and oxygen atoms in total. The van der Waals surface area contributed by atoms with Crippen LogP contribution in [0.1, 0.15) is 34.7 Å². The summed E-state index contributed by atoms with van der Waals surface area (Å²) in [5.41, 5.74) is 0.735. The standard InChI is InChI=1S/C32H28F3N3O6/c33-32(34,35)23-13-7-10-21(16-23)18-36-29(41)25(17-27(39)40)37-24(15-14-20-8-3-1-4-9-20)28(30(37)42)38-26(19-44-31(38)43)22-11-5-2-6-12-22/h1-16,24-26,28H,17-19H2,(H,36,41)(H,39,40)/t24?,25-,26-,28?/m0/s1. The predicted molar refractivity (Wildman–Crippen MR) is 152 cm³/mol. The fourth-order valence-corrected chi connectivity index (χ4v) is 5.45. The number of aliphatic carboxylic acids is 1. The maximum Gasteiger partial charge on any atom is 0.416 e. The van der Waals surface area contributed by atoms with E-state index in [-0.39, 0.29) is 18.7 Å². The van der Waals surface area contributed by atoms with Gasteiger partial charge in [-0.1, -0.05) is 84.9 Å². The fraction of sp³-hybridized carbons (Fsp3) is 0.250. The van der Waals surface area contributed by atoms with Gasteiger partial charge in [0, 0.05) is 6.54 Å². The van der Waals surface area contributed by atoms with Gasteiger partial charge in [-0.05, 0) is 28.8 Å². The number of benzene rings is 3. The number of ether oxygens (including phenoxy) is 1. The van der Waals surface area contributed by atoms with Crippen molar-refractivity contribution in [1.29, 1.82) is 0 Å². The van der Waals surface area contributed by atoms with Crippen LogP contribution in [0.3, 0.4) is 0 Å². The van der Waals surface area contributed by atoms with Crippen molar-refractivity contribution in [2.45, 2.75) is 43.3 Å². The first kappa shape index (κ1) is 30.3. The van der Waals surface area contributed by atoms with Crippen LogP contribution in [0, 0.1) is 0 Å². The Kier molecular flexibility index (Phi) is 8.70. The van der Waals surface area contributed by atoms with E-state index >= 15 is 0 Å². The van der Waals surface area contributed by atoms with Crippen LogP contribution in [-0.2, 0) is 31.8 Å². The van der Waals surface area contributed by atoms with Gasteiger partial charge in [-0.2, -0.15) is 13.2 Å². The second-order valence-corrected chi connectivity index (χ2v) is 10.4. The van der Waals surface area contributed by atoms with E-state index < -0.39 is 66.2 Å². The SMILES string of the molecule is O=C(O)C[C@@H](C(=O)NCc1cccc(C(F)(F)F)c1)N1C(=O)C(N2C(=O)OC[C@H]2c2ccccc2)C1C=Cc1ccccc1. The summed E-state index contributed by atoms with van der Waals surface area (Å²) in [6, 6.07) is 18.3. The zero-order valence-corrected chi connectivity index (χ0v) is 23.2. The number of cyclic esters (lactones) is 1. The van der Waals surface area contributed by atoms with E-state index in [4.69, 9.17) is 4.74 Å². The number of likely N-dealkylation sites (tertiary alicyclic amines) is 1. The quantitative estimate of drug-likeness (QED) is 0.324. The molecule has 0 bridgehead atoms. The fourth-order valence-electron chi connectivity index (χ4n) is 5.45. The molecule has 2 unspecified atom stereocenters. The third-order valence-electron chi connectivity index (χ3n) is 7.56. The lowest BCUT2D eigenvalue weighted by Crippen LogP contribution is -2.74. The minimum atomic E-state index is -4.59. The molecule has 2 heterocycles. The molecule has 4 atom stereocenters. The van der Waals surface area contributed by atoms with E-state index in [1.165, 1.54) is 17.0 Å². The first-order valence-corrected chi connectivity index (χ1v) is 13.8. The highest BCUT2D eigenvalue weighted by Crippen LogP contribution is 2.39. The Bertz CT molecular complexity index is 1560. The molecule has 2 saturated heterocycles. The monoisotopic (exact) mass is 607 g/mol. The Labute approximate surface area is 250 Å². The van der Waals surface area contributed by atoms with E-state index in [1.807, 2.05) is 24.3 Å². The normalized spacial score (nSPS) is 20.8. The molecule has 0 aromatic heterocycles. The van der Waals surface area contributed by atoms with E-state index in [2.05, 4.69) is 5.32 Å². The zero-order chi connectivity index (χ0) is 31.4. The smallest absolute Gasteiger partial charge is 0.416 e. The molecule has 0 saturated carbocycles. The number of alkyl halides is 3. The largest absolute Gasteiger partial charge is 0.481 e. The van der Waals surface area contributed by atoms with E-state index in [0.717, 1.165) is 28.2 Å². The summed E-state index contributed by atoms with van der Waals surface area (Å²) in [5, 5.41) is 12.1. The Balaban J connectivity index is 1.44. The van der Waals surface area contributed by atoms with Crippen molar-refractivity contribution in [2.75, 3.05) is 6.61 Å². The van der Waals surface area contributed by atoms with Gasteiger partial charge in [0.05, 0.1) is 24.1 Å². The Morgan fingerprint density at radius 2 is 1.68 bits per heavy atom. The Hall–Kier alpha value is -5.13. The number of carbonyl (C=O) groups excluding carboxylic acids is 3. The molecular formula is C32H28F3N3O6. The lowest BCUT2D eigenvalue weighted by atomic mass is 9.87. The van der Waals surface area contributed by atoms with E-state index in [0.29, 0.717) is 0 Å². The van der Waals surface area contributed by atoms with Crippen molar-refractivity contribution in [3.63, 3.8) is 0 Å². The highest BCUT2D eigenvalue weighted by Gasteiger charge is 2.58. The number of rotatable bonds is 10. The number of nitrogens with zero attached hydrogens (tertiary/aromatic N) is 2. The number of hydrogen-bond donors (Lipinski definition) is 2. The predicted octanol–water partition coefficient (Wildman–Crippen LogP) is 4.65. The minimum Gasteiger partial charge on any atom is -0.481 e. The molecule has 3 amide bonds. The molecule has 228 valence electrons. The maximum absolute atomic E-state index is 13.8. The van der Waals surface area contributed by atoms with Gasteiger partial charge in [0.1, 0.15) is 18.7 Å². The summed E-state index contributed by atoms with van der Waals surface area (Å²) in [6.07, 6.45) is -2.75. The maximum atomic E-state index is 13.8. The number of carboxylic acid groups (broad SMARTS) is 1. The summed E-state index contributed by atoms with van der Waals surface area (Å²) in [4.78, 5) is 54.4. The summed E-state index contributed by atoms with van der Waals surface area (Å²) < 4.78 is 44.8. The number of β-lactam (4-membered cyclic amide) rings is 1. The van der Waals surface area contributed by atoms with Crippen molar-refractivity contribution >= 4 is 30.0 Å². The second-order valence-electron chi connectivity index (χ2n) is 10.4. The van der Waals surface area contributed by atoms with Crippen LogP contribution in [0.4, 0.5) is 18.0 Å². The van der Waals surface area contributed by atoms with Crippen LogP contribution in [0.2, 0.25) is 0 Å². The van der Waals surface area contributed by atoms with Crippen LogP contribution < -0.4 is 5.32 Å². The molecule has 0 aliphatic carbocycles. The third-order valence-corrected chi connectivity index (χ3v) is 7.56. The summed E-state index contributed by atoms with van der Waals surface area (Å²) in [7, 11) is 0. The third kappa shape index (κ3) is 6.43. The number of carboxylic acids is 1. The summed E-state index contributed by atoms with van der Waals surface area (Å²) in [6.45, 7) is -0.332. The van der Waals surface area contributed by atoms with Crippen molar-refractivity contribution in [3.05, 3.63) is 113 Å². The van der Waals surface area contributed by atoms with Crippen LogP contribution >= 0.6 is 0 Å². The molecule has 44 heavy (non-hydrogen) atoms. The lowest BCUT2D eigenvalue weighted by Gasteiger charge is -2.52. The van der Waals surface area contributed by atoms with E-state index in [1.54, 1.807) is 48.6 Å². The summed E-state index contributed by atoms with van der Waals surface area (Å²) in [5.74, 6) is -2.89. The average molecular weight is 608 g/mol.